The van der Waals surface area contributed by atoms with Crippen molar-refractivity contribution in [3.8, 4) is 17.5 Å². The molecule has 0 amide bonds. The van der Waals surface area contributed by atoms with Crippen molar-refractivity contribution < 1.29 is 0 Å². The van der Waals surface area contributed by atoms with Crippen LogP contribution in [0.2, 0.25) is 0 Å². The van der Waals surface area contributed by atoms with E-state index in [9.17, 15) is 0 Å². The smallest absolute Gasteiger partial charge is 0.142 e. The molecule has 2 heterocycles. The van der Waals surface area contributed by atoms with Gasteiger partial charge in [-0.05, 0) is 31.2 Å². The van der Waals surface area contributed by atoms with Gasteiger partial charge in [0.15, 0.2) is 0 Å². The molecule has 0 aliphatic rings. The molecule has 0 radical (unpaired) electrons. The van der Waals surface area contributed by atoms with E-state index in [0.29, 0.717) is 6.54 Å². The van der Waals surface area contributed by atoms with Gasteiger partial charge in [-0.25, -0.2) is 4.98 Å². The molecule has 3 rings (SSSR count). The SMILES string of the molecule is CC(C#N)Cn1c(-c2cccnc2)nc2ccccc21. The van der Waals surface area contributed by atoms with Crippen molar-refractivity contribution in [1.82, 2.24) is 14.5 Å². The maximum Gasteiger partial charge on any atom is 0.142 e. The van der Waals surface area contributed by atoms with Gasteiger partial charge in [0.1, 0.15) is 5.82 Å². The van der Waals surface area contributed by atoms with Crippen LogP contribution in [-0.4, -0.2) is 14.5 Å². The Kier molecular flexibility index (Phi) is 3.18. The molecule has 0 fully saturated rings. The molecule has 4 heteroatoms. The number of pyridine rings is 1. The summed E-state index contributed by atoms with van der Waals surface area (Å²) in [6.07, 6.45) is 3.54. The number of hydrogen-bond donors (Lipinski definition) is 0. The molecule has 1 aromatic carbocycles. The predicted molar refractivity (Wildman–Crippen MR) is 77.7 cm³/mol. The van der Waals surface area contributed by atoms with E-state index in [2.05, 4.69) is 20.6 Å². The van der Waals surface area contributed by atoms with Crippen LogP contribution in [0.15, 0.2) is 48.8 Å². The van der Waals surface area contributed by atoms with Gasteiger partial charge >= 0.3 is 0 Å². The third kappa shape index (κ3) is 2.14. The van der Waals surface area contributed by atoms with Crippen LogP contribution in [0.4, 0.5) is 0 Å². The topological polar surface area (TPSA) is 54.5 Å². The molecule has 0 bridgehead atoms. The number of hydrogen-bond acceptors (Lipinski definition) is 3. The molecule has 2 aromatic heterocycles. The highest BCUT2D eigenvalue weighted by Gasteiger charge is 2.14. The fourth-order valence-corrected chi connectivity index (χ4v) is 2.29. The Morgan fingerprint density at radius 1 is 1.25 bits per heavy atom. The van der Waals surface area contributed by atoms with E-state index in [0.717, 1.165) is 22.4 Å². The number of para-hydroxylation sites is 2. The molecule has 1 atom stereocenters. The zero-order chi connectivity index (χ0) is 13.9. The first kappa shape index (κ1) is 12.4. The molecule has 0 N–H and O–H groups in total. The van der Waals surface area contributed by atoms with Crippen molar-refractivity contribution in [2.24, 2.45) is 5.92 Å². The average molecular weight is 262 g/mol. The van der Waals surface area contributed by atoms with Crippen molar-refractivity contribution in [3.05, 3.63) is 48.8 Å². The minimum absolute atomic E-state index is 0.0666. The Bertz CT molecular complexity index is 768. The lowest BCUT2D eigenvalue weighted by Crippen LogP contribution is -2.07. The van der Waals surface area contributed by atoms with E-state index in [1.165, 1.54) is 0 Å². The monoisotopic (exact) mass is 262 g/mol. The first-order valence-electron chi connectivity index (χ1n) is 6.55. The summed E-state index contributed by atoms with van der Waals surface area (Å²) in [7, 11) is 0. The maximum absolute atomic E-state index is 9.07. The second-order valence-electron chi connectivity index (χ2n) is 4.81. The molecule has 0 aliphatic heterocycles. The van der Waals surface area contributed by atoms with E-state index in [4.69, 9.17) is 5.26 Å². The number of imidazole rings is 1. The molecule has 1 unspecified atom stereocenters. The van der Waals surface area contributed by atoms with Crippen LogP contribution in [0.25, 0.3) is 22.4 Å². The molecule has 0 aliphatic carbocycles. The molecule has 0 spiro atoms. The summed E-state index contributed by atoms with van der Waals surface area (Å²) in [6, 6.07) is 14.2. The number of benzene rings is 1. The summed E-state index contributed by atoms with van der Waals surface area (Å²) < 4.78 is 2.10. The Morgan fingerprint density at radius 2 is 2.10 bits per heavy atom. The number of fused-ring (bicyclic) bond motifs is 1. The van der Waals surface area contributed by atoms with Gasteiger partial charge in [-0.1, -0.05) is 12.1 Å². The Labute approximate surface area is 117 Å². The van der Waals surface area contributed by atoms with Crippen molar-refractivity contribution >= 4 is 11.0 Å². The van der Waals surface area contributed by atoms with E-state index in [-0.39, 0.29) is 5.92 Å². The Balaban J connectivity index is 2.20. The second kappa shape index (κ2) is 5.14. The molecule has 0 saturated heterocycles. The number of rotatable bonds is 3. The zero-order valence-corrected chi connectivity index (χ0v) is 11.2. The number of nitrogens with zero attached hydrogens (tertiary/aromatic N) is 4. The summed E-state index contributed by atoms with van der Waals surface area (Å²) in [5, 5.41) is 9.07. The summed E-state index contributed by atoms with van der Waals surface area (Å²) in [5.41, 5.74) is 2.96. The normalized spacial score (nSPS) is 12.2. The van der Waals surface area contributed by atoms with Crippen molar-refractivity contribution in [2.75, 3.05) is 0 Å². The fraction of sp³-hybridized carbons (Fsp3) is 0.188. The van der Waals surface area contributed by atoms with E-state index >= 15 is 0 Å². The molecule has 0 saturated carbocycles. The van der Waals surface area contributed by atoms with Crippen molar-refractivity contribution in [3.63, 3.8) is 0 Å². The lowest BCUT2D eigenvalue weighted by molar-refractivity contribution is 0.597. The van der Waals surface area contributed by atoms with Crippen LogP contribution >= 0.6 is 0 Å². The highest BCUT2D eigenvalue weighted by Crippen LogP contribution is 2.25. The van der Waals surface area contributed by atoms with Crippen molar-refractivity contribution in [1.29, 1.82) is 5.26 Å². The van der Waals surface area contributed by atoms with Crippen LogP contribution in [0.5, 0.6) is 0 Å². The molecule has 4 nitrogen and oxygen atoms in total. The summed E-state index contributed by atoms with van der Waals surface area (Å²) >= 11 is 0. The van der Waals surface area contributed by atoms with Gasteiger partial charge in [0.25, 0.3) is 0 Å². The van der Waals surface area contributed by atoms with Gasteiger partial charge in [-0.3, -0.25) is 4.98 Å². The highest BCUT2D eigenvalue weighted by molar-refractivity contribution is 5.80. The van der Waals surface area contributed by atoms with Crippen LogP contribution in [0.3, 0.4) is 0 Å². The summed E-state index contributed by atoms with van der Waals surface area (Å²) in [5.74, 6) is 0.796. The second-order valence-corrected chi connectivity index (χ2v) is 4.81. The summed E-state index contributed by atoms with van der Waals surface area (Å²) in [4.78, 5) is 8.84. The lowest BCUT2D eigenvalue weighted by atomic mass is 10.2. The maximum atomic E-state index is 9.07. The van der Waals surface area contributed by atoms with Crippen LogP contribution in [-0.2, 0) is 6.54 Å². The van der Waals surface area contributed by atoms with Crippen LogP contribution in [0.1, 0.15) is 6.92 Å². The average Bonchev–Trinajstić information content (AvgIpc) is 2.87. The van der Waals surface area contributed by atoms with Gasteiger partial charge in [-0.15, -0.1) is 0 Å². The van der Waals surface area contributed by atoms with Crippen LogP contribution in [0, 0.1) is 17.2 Å². The summed E-state index contributed by atoms with van der Waals surface area (Å²) in [6.45, 7) is 2.54. The standard InChI is InChI=1S/C16H14N4/c1-12(9-17)11-20-15-7-3-2-6-14(15)19-16(20)13-5-4-8-18-10-13/h2-8,10,12H,11H2,1H3. The minimum Gasteiger partial charge on any atom is -0.323 e. The van der Waals surface area contributed by atoms with Crippen LogP contribution < -0.4 is 0 Å². The van der Waals surface area contributed by atoms with Gasteiger partial charge in [-0.2, -0.15) is 5.26 Å². The minimum atomic E-state index is -0.0666. The number of aromatic nitrogens is 3. The molecular weight excluding hydrogens is 248 g/mol. The van der Waals surface area contributed by atoms with Gasteiger partial charge in [0, 0.05) is 24.5 Å². The predicted octanol–water partition coefficient (Wildman–Crippen LogP) is 3.26. The molecule has 20 heavy (non-hydrogen) atoms. The first-order valence-corrected chi connectivity index (χ1v) is 6.55. The van der Waals surface area contributed by atoms with Gasteiger partial charge in [0.05, 0.1) is 23.0 Å². The lowest BCUT2D eigenvalue weighted by Gasteiger charge is -2.10. The number of nitriles is 1. The first-order chi connectivity index (χ1) is 9.79. The van der Waals surface area contributed by atoms with E-state index < -0.39 is 0 Å². The third-order valence-corrected chi connectivity index (χ3v) is 3.25. The molecule has 98 valence electrons. The zero-order valence-electron chi connectivity index (χ0n) is 11.2. The van der Waals surface area contributed by atoms with Crippen molar-refractivity contribution in [2.45, 2.75) is 13.5 Å². The molecule has 3 aromatic rings. The fourth-order valence-electron chi connectivity index (χ4n) is 2.29. The largest absolute Gasteiger partial charge is 0.323 e. The van der Waals surface area contributed by atoms with E-state index in [1.807, 2.05) is 43.3 Å². The quantitative estimate of drug-likeness (QED) is 0.728. The Morgan fingerprint density at radius 3 is 2.85 bits per heavy atom. The van der Waals surface area contributed by atoms with Gasteiger partial charge in [0.2, 0.25) is 0 Å². The third-order valence-electron chi connectivity index (χ3n) is 3.25. The van der Waals surface area contributed by atoms with E-state index in [1.54, 1.807) is 12.4 Å². The highest BCUT2D eigenvalue weighted by atomic mass is 15.1. The van der Waals surface area contributed by atoms with Gasteiger partial charge < -0.3 is 4.57 Å². The molecular formula is C16H14N4. The Hall–Kier alpha value is -2.67.